The summed E-state index contributed by atoms with van der Waals surface area (Å²) in [4.78, 5) is 53.7. The molecule has 2 saturated heterocycles. The van der Waals surface area contributed by atoms with Gasteiger partial charge in [-0.05, 0) is 75.8 Å². The van der Waals surface area contributed by atoms with Crippen LogP contribution in [0.2, 0.25) is 0 Å². The third-order valence-electron chi connectivity index (χ3n) is 7.85. The van der Waals surface area contributed by atoms with Crippen molar-refractivity contribution < 1.29 is 32.3 Å². The molecular formula is C27H38N4O7S. The maximum absolute atomic E-state index is 13.7. The highest BCUT2D eigenvalue weighted by Gasteiger charge is 2.56. The smallest absolute Gasteiger partial charge is 0.410 e. The van der Waals surface area contributed by atoms with E-state index in [1.807, 2.05) is 18.2 Å². The fraction of sp³-hybridized carbons (Fsp3) is 0.630. The monoisotopic (exact) mass is 562 g/mol. The molecule has 1 aromatic carbocycles. The number of aryl methyl sites for hydroxylation is 1. The molecule has 2 aliphatic heterocycles. The summed E-state index contributed by atoms with van der Waals surface area (Å²) >= 11 is 0. The molecule has 0 aromatic heterocycles. The van der Waals surface area contributed by atoms with Gasteiger partial charge in [0.15, 0.2) is 9.84 Å². The van der Waals surface area contributed by atoms with Crippen LogP contribution in [-0.4, -0.2) is 84.4 Å². The number of rotatable bonds is 5. The van der Waals surface area contributed by atoms with Gasteiger partial charge in [-0.15, -0.1) is 0 Å². The van der Waals surface area contributed by atoms with E-state index in [2.05, 4.69) is 11.4 Å². The fourth-order valence-electron chi connectivity index (χ4n) is 6.06. The van der Waals surface area contributed by atoms with Gasteiger partial charge in [-0.2, -0.15) is 0 Å². The number of ether oxygens (including phenoxy) is 1. The summed E-state index contributed by atoms with van der Waals surface area (Å²) < 4.78 is 31.9. The Morgan fingerprint density at radius 3 is 2.46 bits per heavy atom. The van der Waals surface area contributed by atoms with Crippen molar-refractivity contribution in [3.63, 3.8) is 0 Å². The molecule has 2 heterocycles. The van der Waals surface area contributed by atoms with E-state index in [0.717, 1.165) is 28.2 Å². The number of carbonyl (C=O) groups excluding carboxylic acids is 4. The van der Waals surface area contributed by atoms with Gasteiger partial charge in [0.05, 0.1) is 5.75 Å². The minimum Gasteiger partial charge on any atom is -0.444 e. The quantitative estimate of drug-likeness (QED) is 0.542. The van der Waals surface area contributed by atoms with Gasteiger partial charge >= 0.3 is 6.09 Å². The molecule has 1 aromatic rings. The van der Waals surface area contributed by atoms with Crippen molar-refractivity contribution >= 4 is 33.7 Å². The molecule has 0 saturated carbocycles. The van der Waals surface area contributed by atoms with Gasteiger partial charge in [0, 0.05) is 7.05 Å². The Kier molecular flexibility index (Phi) is 7.98. The number of hydrogen-bond acceptors (Lipinski definition) is 7. The molecular weight excluding hydrogens is 524 g/mol. The summed E-state index contributed by atoms with van der Waals surface area (Å²) in [6.07, 6.45) is 1.53. The minimum absolute atomic E-state index is 0.0113. The van der Waals surface area contributed by atoms with E-state index in [9.17, 15) is 27.6 Å². The number of fused-ring (bicyclic) bond motifs is 2. The normalized spacial score (nSPS) is 28.1. The van der Waals surface area contributed by atoms with E-state index in [1.54, 1.807) is 20.8 Å². The van der Waals surface area contributed by atoms with Crippen LogP contribution in [0.5, 0.6) is 0 Å². The zero-order valence-corrected chi connectivity index (χ0v) is 23.7. The van der Waals surface area contributed by atoms with Crippen molar-refractivity contribution in [2.75, 3.05) is 19.3 Å². The molecule has 0 bridgehead atoms. The number of benzene rings is 1. The van der Waals surface area contributed by atoms with E-state index in [0.29, 0.717) is 6.42 Å². The van der Waals surface area contributed by atoms with Crippen LogP contribution in [0, 0.1) is 11.8 Å². The molecule has 3 aliphatic rings. The van der Waals surface area contributed by atoms with Crippen molar-refractivity contribution in [3.8, 4) is 0 Å². The lowest BCUT2D eigenvalue weighted by Crippen LogP contribution is -2.56. The van der Waals surface area contributed by atoms with Crippen molar-refractivity contribution in [2.45, 2.75) is 75.9 Å². The van der Waals surface area contributed by atoms with Gasteiger partial charge < -0.3 is 25.6 Å². The van der Waals surface area contributed by atoms with Crippen molar-refractivity contribution in [1.29, 1.82) is 0 Å². The third kappa shape index (κ3) is 6.21. The SMILES string of the molecule is CN(CC(=O)N[C@H]1CCS(=O)(=O)[C@H]2CC(C3CCc4ccccc4C3)[C@H](C(N)=O)N2C1=O)C(=O)OC(C)(C)C. The molecule has 12 heteroatoms. The highest BCUT2D eigenvalue weighted by Crippen LogP contribution is 2.43. The molecule has 0 radical (unpaired) electrons. The van der Waals surface area contributed by atoms with E-state index >= 15 is 0 Å². The van der Waals surface area contributed by atoms with Crippen LogP contribution in [0.25, 0.3) is 0 Å². The van der Waals surface area contributed by atoms with Gasteiger partial charge in [-0.25, -0.2) is 13.2 Å². The summed E-state index contributed by atoms with van der Waals surface area (Å²) in [7, 11) is -2.40. The second-order valence-corrected chi connectivity index (χ2v) is 14.1. The first kappa shape index (κ1) is 28.8. The topological polar surface area (TPSA) is 156 Å². The highest BCUT2D eigenvalue weighted by molar-refractivity contribution is 7.92. The number of nitrogens with two attached hydrogens (primary N) is 1. The molecule has 39 heavy (non-hydrogen) atoms. The van der Waals surface area contributed by atoms with Crippen LogP contribution in [0.1, 0.15) is 51.2 Å². The van der Waals surface area contributed by atoms with Gasteiger partial charge in [0.2, 0.25) is 17.7 Å². The fourth-order valence-corrected chi connectivity index (χ4v) is 8.00. The molecule has 11 nitrogen and oxygen atoms in total. The number of amides is 4. The third-order valence-corrected chi connectivity index (χ3v) is 9.90. The van der Waals surface area contributed by atoms with Crippen LogP contribution in [-0.2, 0) is 41.8 Å². The molecule has 3 N–H and O–H groups in total. The largest absolute Gasteiger partial charge is 0.444 e. The first-order valence-electron chi connectivity index (χ1n) is 13.3. The second-order valence-electron chi connectivity index (χ2n) is 11.8. The summed E-state index contributed by atoms with van der Waals surface area (Å²) in [5.74, 6) is -2.78. The Bertz CT molecular complexity index is 1260. The van der Waals surface area contributed by atoms with Crippen molar-refractivity contribution in [1.82, 2.24) is 15.1 Å². The molecule has 2 unspecified atom stereocenters. The maximum atomic E-state index is 13.7. The highest BCUT2D eigenvalue weighted by atomic mass is 32.2. The molecule has 0 spiro atoms. The first-order chi connectivity index (χ1) is 18.2. The number of nitrogens with zero attached hydrogens (tertiary/aromatic N) is 2. The summed E-state index contributed by atoms with van der Waals surface area (Å²) in [5.41, 5.74) is 7.47. The average molecular weight is 563 g/mol. The van der Waals surface area contributed by atoms with E-state index < -0.39 is 69.2 Å². The van der Waals surface area contributed by atoms with Crippen LogP contribution in [0.15, 0.2) is 24.3 Å². The van der Waals surface area contributed by atoms with Gasteiger partial charge in [0.25, 0.3) is 0 Å². The lowest BCUT2D eigenvalue weighted by Gasteiger charge is -2.34. The maximum Gasteiger partial charge on any atom is 0.410 e. The number of likely N-dealkylation sites (N-methyl/N-ethyl adjacent to an activating group) is 1. The van der Waals surface area contributed by atoms with E-state index in [-0.39, 0.29) is 24.5 Å². The molecule has 4 rings (SSSR count). The Morgan fingerprint density at radius 2 is 1.82 bits per heavy atom. The predicted octanol–water partition coefficient (Wildman–Crippen LogP) is 0.990. The summed E-state index contributed by atoms with van der Waals surface area (Å²) in [5, 5.41) is 1.41. The number of sulfone groups is 1. The number of primary amides is 1. The van der Waals surface area contributed by atoms with Crippen LogP contribution >= 0.6 is 0 Å². The van der Waals surface area contributed by atoms with Crippen LogP contribution in [0.3, 0.4) is 0 Å². The molecule has 4 amide bonds. The lowest BCUT2D eigenvalue weighted by molar-refractivity contribution is -0.142. The number of nitrogens with one attached hydrogen (secondary N) is 1. The number of hydrogen-bond donors (Lipinski definition) is 2. The Morgan fingerprint density at radius 1 is 1.15 bits per heavy atom. The molecule has 2 fully saturated rings. The standard InChI is InChI=1S/C27H38N4O7S/c1-27(2,3)38-26(35)30(4)15-21(32)29-20-11-12-39(36,37)22-14-19(23(24(28)33)31(22)25(20)34)18-10-9-16-7-5-6-8-17(16)13-18/h5-8,18-20,22-23H,9-15H2,1-4H3,(H2,28,33)(H,29,32)/t18?,19?,20-,22-,23+/m0/s1. The number of carbonyl (C=O) groups is 4. The molecule has 214 valence electrons. The predicted molar refractivity (Wildman–Crippen MR) is 143 cm³/mol. The second kappa shape index (κ2) is 10.8. The molecule has 1 aliphatic carbocycles. The van der Waals surface area contributed by atoms with Crippen LogP contribution < -0.4 is 11.1 Å². The Labute approximate surface area is 229 Å². The summed E-state index contributed by atoms with van der Waals surface area (Å²) in [6.45, 7) is 4.71. The van der Waals surface area contributed by atoms with Crippen LogP contribution in [0.4, 0.5) is 4.79 Å². The van der Waals surface area contributed by atoms with Gasteiger partial charge in [-0.1, -0.05) is 24.3 Å². The summed E-state index contributed by atoms with van der Waals surface area (Å²) in [6, 6.07) is 5.79. The zero-order chi connectivity index (χ0) is 28.7. The Balaban J connectivity index is 1.53. The Hall–Kier alpha value is -3.15. The first-order valence-corrected chi connectivity index (χ1v) is 15.0. The van der Waals surface area contributed by atoms with Gasteiger partial charge in [0.1, 0.15) is 29.6 Å². The van der Waals surface area contributed by atoms with E-state index in [1.165, 1.54) is 12.6 Å². The van der Waals surface area contributed by atoms with Crippen molar-refractivity contribution in [3.05, 3.63) is 35.4 Å². The van der Waals surface area contributed by atoms with Crippen molar-refractivity contribution in [2.24, 2.45) is 17.6 Å². The van der Waals surface area contributed by atoms with Gasteiger partial charge in [-0.3, -0.25) is 14.4 Å². The lowest BCUT2D eigenvalue weighted by atomic mass is 9.74. The minimum atomic E-state index is -3.79. The average Bonchev–Trinajstić information content (AvgIpc) is 3.23. The zero-order valence-electron chi connectivity index (χ0n) is 22.9. The van der Waals surface area contributed by atoms with E-state index in [4.69, 9.17) is 10.5 Å². The molecule has 5 atom stereocenters.